The Bertz CT molecular complexity index is 965. The molecule has 0 spiro atoms. The number of carbonyl (C=O) groups excluding carboxylic acids is 2. The number of nitrogens with zero attached hydrogens (tertiary/aromatic N) is 2. The molecular formula is C15H10Cl2N2O4. The smallest absolute Gasteiger partial charge is 0.342 e. The maximum absolute atomic E-state index is 12.1. The monoisotopic (exact) mass is 352 g/mol. The van der Waals surface area contributed by atoms with Crippen molar-refractivity contribution < 1.29 is 19.1 Å². The van der Waals surface area contributed by atoms with Gasteiger partial charge in [-0.3, -0.25) is 4.40 Å². The van der Waals surface area contributed by atoms with E-state index in [1.165, 1.54) is 18.6 Å². The number of para-hydroxylation sites is 1. The van der Waals surface area contributed by atoms with E-state index in [4.69, 9.17) is 32.7 Å². The lowest BCUT2D eigenvalue weighted by atomic mass is 10.2. The molecular weight excluding hydrogens is 343 g/mol. The molecule has 8 heteroatoms. The van der Waals surface area contributed by atoms with Crippen LogP contribution in [-0.4, -0.2) is 35.5 Å². The van der Waals surface area contributed by atoms with Gasteiger partial charge in [0.2, 0.25) is 0 Å². The molecule has 0 atom stereocenters. The maximum Gasteiger partial charge on any atom is 0.342 e. The standard InChI is InChI=1S/C15H10Cl2N2O4/c1-22-14(20)9-10(15(21)23-2)13-18-11(16)7-5-3-4-6-8(7)19(13)12(9)17/h3-6H,1-2H3. The van der Waals surface area contributed by atoms with Gasteiger partial charge in [0.25, 0.3) is 0 Å². The number of carbonyl (C=O) groups is 2. The van der Waals surface area contributed by atoms with Gasteiger partial charge in [0.15, 0.2) is 5.65 Å². The molecule has 6 nitrogen and oxygen atoms in total. The van der Waals surface area contributed by atoms with E-state index >= 15 is 0 Å². The Hall–Kier alpha value is -2.31. The third kappa shape index (κ3) is 2.22. The molecule has 0 saturated carbocycles. The first-order valence-corrected chi connectivity index (χ1v) is 7.21. The number of methoxy groups -OCH3 is 2. The van der Waals surface area contributed by atoms with E-state index in [0.717, 1.165) is 0 Å². The number of hydrogen-bond acceptors (Lipinski definition) is 5. The van der Waals surface area contributed by atoms with Crippen LogP contribution < -0.4 is 0 Å². The molecule has 0 radical (unpaired) electrons. The predicted molar refractivity (Wildman–Crippen MR) is 85.4 cm³/mol. The molecule has 0 aliphatic rings. The van der Waals surface area contributed by atoms with Crippen LogP contribution in [-0.2, 0) is 9.47 Å². The van der Waals surface area contributed by atoms with Gasteiger partial charge in [-0.25, -0.2) is 14.6 Å². The molecule has 0 N–H and O–H groups in total. The molecule has 118 valence electrons. The zero-order chi connectivity index (χ0) is 16.7. The summed E-state index contributed by atoms with van der Waals surface area (Å²) in [5, 5.41) is 0.822. The van der Waals surface area contributed by atoms with Gasteiger partial charge in [-0.15, -0.1) is 0 Å². The lowest BCUT2D eigenvalue weighted by molar-refractivity contribution is 0.0558. The molecule has 23 heavy (non-hydrogen) atoms. The van der Waals surface area contributed by atoms with Gasteiger partial charge in [0, 0.05) is 5.39 Å². The fraction of sp³-hybridized carbons (Fsp3) is 0.133. The van der Waals surface area contributed by atoms with Gasteiger partial charge in [-0.1, -0.05) is 35.3 Å². The van der Waals surface area contributed by atoms with Crippen molar-refractivity contribution in [3.05, 3.63) is 45.7 Å². The van der Waals surface area contributed by atoms with Gasteiger partial charge < -0.3 is 9.47 Å². The molecule has 2 heterocycles. The number of hydrogen-bond donors (Lipinski definition) is 0. The summed E-state index contributed by atoms with van der Waals surface area (Å²) >= 11 is 12.5. The summed E-state index contributed by atoms with van der Waals surface area (Å²) in [7, 11) is 2.39. The molecule has 0 aliphatic carbocycles. The normalized spacial score (nSPS) is 11.0. The number of esters is 2. The van der Waals surface area contributed by atoms with Crippen molar-refractivity contribution in [1.29, 1.82) is 0 Å². The minimum atomic E-state index is -0.763. The molecule has 0 fully saturated rings. The average molecular weight is 353 g/mol. The van der Waals surface area contributed by atoms with E-state index in [1.807, 2.05) is 0 Å². The number of rotatable bonds is 2. The van der Waals surface area contributed by atoms with Crippen LogP contribution in [0.15, 0.2) is 24.3 Å². The Morgan fingerprint density at radius 1 is 1.04 bits per heavy atom. The van der Waals surface area contributed by atoms with E-state index in [0.29, 0.717) is 10.9 Å². The fourth-order valence-corrected chi connectivity index (χ4v) is 3.02. The second-order valence-corrected chi connectivity index (χ2v) is 5.32. The topological polar surface area (TPSA) is 69.9 Å². The summed E-state index contributed by atoms with van der Waals surface area (Å²) in [6.07, 6.45) is 0. The SMILES string of the molecule is COC(=O)c1c(C(=O)OC)c2nc(Cl)c3ccccc3n2c1Cl. The number of halogens is 2. The number of fused-ring (bicyclic) bond motifs is 3. The third-order valence-corrected chi connectivity index (χ3v) is 4.08. The van der Waals surface area contributed by atoms with Crippen LogP contribution in [0.5, 0.6) is 0 Å². The lowest BCUT2D eigenvalue weighted by Crippen LogP contribution is -2.10. The minimum absolute atomic E-state index is 0.00705. The summed E-state index contributed by atoms with van der Waals surface area (Å²) in [5.74, 6) is -1.52. The second kappa shape index (κ2) is 5.72. The Kier molecular flexibility index (Phi) is 3.87. The highest BCUT2D eigenvalue weighted by Crippen LogP contribution is 2.33. The molecule has 0 unspecified atom stereocenters. The highest BCUT2D eigenvalue weighted by molar-refractivity contribution is 6.37. The number of ether oxygens (including phenoxy) is 2. The van der Waals surface area contributed by atoms with E-state index in [9.17, 15) is 9.59 Å². The van der Waals surface area contributed by atoms with Crippen LogP contribution in [0.1, 0.15) is 20.7 Å². The van der Waals surface area contributed by atoms with Crippen LogP contribution in [0, 0.1) is 0 Å². The van der Waals surface area contributed by atoms with Crippen molar-refractivity contribution in [2.75, 3.05) is 14.2 Å². The largest absolute Gasteiger partial charge is 0.465 e. The van der Waals surface area contributed by atoms with Gasteiger partial charge in [-0.05, 0) is 12.1 Å². The minimum Gasteiger partial charge on any atom is -0.465 e. The Morgan fingerprint density at radius 2 is 1.65 bits per heavy atom. The van der Waals surface area contributed by atoms with E-state index < -0.39 is 11.9 Å². The van der Waals surface area contributed by atoms with Crippen LogP contribution in [0.4, 0.5) is 0 Å². The van der Waals surface area contributed by atoms with Gasteiger partial charge in [0.1, 0.15) is 21.4 Å². The van der Waals surface area contributed by atoms with Crippen molar-refractivity contribution in [2.24, 2.45) is 0 Å². The molecule has 3 aromatic rings. The maximum atomic E-state index is 12.1. The van der Waals surface area contributed by atoms with Crippen LogP contribution >= 0.6 is 23.2 Å². The van der Waals surface area contributed by atoms with E-state index in [2.05, 4.69) is 4.98 Å². The summed E-state index contributed by atoms with van der Waals surface area (Å²) in [6.45, 7) is 0. The van der Waals surface area contributed by atoms with Crippen LogP contribution in [0.3, 0.4) is 0 Å². The molecule has 2 aromatic heterocycles. The van der Waals surface area contributed by atoms with Crippen molar-refractivity contribution in [3.8, 4) is 0 Å². The summed E-state index contributed by atoms with van der Waals surface area (Å²) < 4.78 is 10.9. The van der Waals surface area contributed by atoms with E-state index in [-0.39, 0.29) is 27.1 Å². The second-order valence-electron chi connectivity index (χ2n) is 4.60. The highest BCUT2D eigenvalue weighted by Gasteiger charge is 2.31. The van der Waals surface area contributed by atoms with Gasteiger partial charge >= 0.3 is 11.9 Å². The zero-order valence-corrected chi connectivity index (χ0v) is 13.6. The Labute approximate surface area is 140 Å². The molecule has 0 saturated heterocycles. The molecule has 1 aromatic carbocycles. The number of aromatic nitrogens is 2. The highest BCUT2D eigenvalue weighted by atomic mass is 35.5. The average Bonchev–Trinajstić information content (AvgIpc) is 2.86. The molecule has 0 amide bonds. The summed E-state index contributed by atoms with van der Waals surface area (Å²) in [5.41, 5.74) is 0.539. The number of benzene rings is 1. The third-order valence-electron chi connectivity index (χ3n) is 3.44. The summed E-state index contributed by atoms with van der Waals surface area (Å²) in [4.78, 5) is 28.4. The molecule has 3 rings (SSSR count). The first kappa shape index (κ1) is 15.6. The van der Waals surface area contributed by atoms with Crippen molar-refractivity contribution in [3.63, 3.8) is 0 Å². The zero-order valence-electron chi connectivity index (χ0n) is 12.1. The first-order valence-electron chi connectivity index (χ1n) is 6.46. The Balaban J connectivity index is 2.58. The Morgan fingerprint density at radius 3 is 2.30 bits per heavy atom. The summed E-state index contributed by atoms with van der Waals surface area (Å²) in [6, 6.07) is 7.09. The lowest BCUT2D eigenvalue weighted by Gasteiger charge is -2.05. The van der Waals surface area contributed by atoms with Crippen LogP contribution in [0.2, 0.25) is 10.3 Å². The van der Waals surface area contributed by atoms with Crippen molar-refractivity contribution in [2.45, 2.75) is 0 Å². The molecule has 0 bridgehead atoms. The fourth-order valence-electron chi connectivity index (χ4n) is 2.44. The molecule has 0 aliphatic heterocycles. The van der Waals surface area contributed by atoms with Crippen LogP contribution in [0.25, 0.3) is 16.6 Å². The van der Waals surface area contributed by atoms with Gasteiger partial charge in [0.05, 0.1) is 19.7 Å². The predicted octanol–water partition coefficient (Wildman–Crippen LogP) is 3.37. The van der Waals surface area contributed by atoms with Crippen molar-refractivity contribution in [1.82, 2.24) is 9.38 Å². The quantitative estimate of drug-likeness (QED) is 0.522. The van der Waals surface area contributed by atoms with Crippen molar-refractivity contribution >= 4 is 51.7 Å². The van der Waals surface area contributed by atoms with Gasteiger partial charge in [-0.2, -0.15) is 0 Å². The van der Waals surface area contributed by atoms with E-state index in [1.54, 1.807) is 24.3 Å². The first-order chi connectivity index (χ1) is 11.0.